The van der Waals surface area contributed by atoms with Gasteiger partial charge in [0, 0.05) is 6.04 Å². The van der Waals surface area contributed by atoms with Gasteiger partial charge in [-0.25, -0.2) is 0 Å². The molecule has 2 nitrogen and oxygen atoms in total. The Morgan fingerprint density at radius 1 is 1.06 bits per heavy atom. The third kappa shape index (κ3) is 3.48. The Morgan fingerprint density at radius 2 is 1.72 bits per heavy atom. The first kappa shape index (κ1) is 14.3. The maximum Gasteiger partial charge on any atom is 0.0267 e. The molecule has 0 amide bonds. The summed E-state index contributed by atoms with van der Waals surface area (Å²) in [4.78, 5) is 0. The summed E-state index contributed by atoms with van der Waals surface area (Å²) in [6.45, 7) is 7.23. The third-order valence-electron chi connectivity index (χ3n) is 5.57. The van der Waals surface area contributed by atoms with Gasteiger partial charge in [-0.05, 0) is 61.7 Å². The van der Waals surface area contributed by atoms with Gasteiger partial charge in [-0.1, -0.05) is 33.6 Å². The maximum atomic E-state index is 5.90. The predicted molar refractivity (Wildman–Crippen MR) is 78.0 cm³/mol. The van der Waals surface area contributed by atoms with Crippen molar-refractivity contribution in [2.24, 2.45) is 29.0 Å². The molecule has 3 unspecified atom stereocenters. The fourth-order valence-corrected chi connectivity index (χ4v) is 4.24. The van der Waals surface area contributed by atoms with Crippen LogP contribution in [-0.4, -0.2) is 6.04 Å². The zero-order valence-corrected chi connectivity index (χ0v) is 12.5. The summed E-state index contributed by atoms with van der Waals surface area (Å²) in [6, 6.07) is 0.573. The largest absolute Gasteiger partial charge is 0.271 e. The minimum Gasteiger partial charge on any atom is -0.271 e. The highest BCUT2D eigenvalue weighted by Crippen LogP contribution is 2.42. The normalized spacial score (nSPS) is 35.3. The van der Waals surface area contributed by atoms with Gasteiger partial charge >= 0.3 is 0 Å². The zero-order chi connectivity index (χ0) is 13.2. The van der Waals surface area contributed by atoms with Gasteiger partial charge in [0.15, 0.2) is 0 Å². The molecule has 2 aliphatic rings. The van der Waals surface area contributed by atoms with E-state index in [-0.39, 0.29) is 0 Å². The Labute approximate surface area is 113 Å². The molecule has 2 heteroatoms. The second-order valence-corrected chi connectivity index (χ2v) is 7.73. The van der Waals surface area contributed by atoms with E-state index in [0.717, 1.165) is 17.8 Å². The molecule has 106 valence electrons. The molecule has 2 aliphatic carbocycles. The molecule has 0 bridgehead atoms. The van der Waals surface area contributed by atoms with Crippen LogP contribution in [0.5, 0.6) is 0 Å². The Hall–Kier alpha value is -0.0800. The lowest BCUT2D eigenvalue weighted by Crippen LogP contribution is -2.48. The molecule has 2 fully saturated rings. The summed E-state index contributed by atoms with van der Waals surface area (Å²) in [7, 11) is 0. The molecule has 0 aromatic carbocycles. The summed E-state index contributed by atoms with van der Waals surface area (Å²) in [6.07, 6.45) is 11.1. The fourth-order valence-electron chi connectivity index (χ4n) is 4.24. The molecule has 2 rings (SSSR count). The van der Waals surface area contributed by atoms with Crippen LogP contribution in [0.4, 0.5) is 0 Å². The van der Waals surface area contributed by atoms with Crippen molar-refractivity contribution in [3.8, 4) is 0 Å². The van der Waals surface area contributed by atoms with Crippen molar-refractivity contribution in [3.05, 3.63) is 0 Å². The number of hydrogen-bond donors (Lipinski definition) is 2. The molecule has 3 N–H and O–H groups in total. The number of hydrogen-bond acceptors (Lipinski definition) is 2. The highest BCUT2D eigenvalue weighted by molar-refractivity contribution is 4.89. The molecule has 0 aliphatic heterocycles. The van der Waals surface area contributed by atoms with Crippen molar-refractivity contribution in [1.29, 1.82) is 0 Å². The number of rotatable bonds is 3. The molecule has 3 atom stereocenters. The highest BCUT2D eigenvalue weighted by atomic mass is 15.2. The van der Waals surface area contributed by atoms with E-state index in [9.17, 15) is 0 Å². The van der Waals surface area contributed by atoms with Crippen LogP contribution in [0.2, 0.25) is 0 Å². The number of nitrogens with one attached hydrogen (secondary N) is 1. The zero-order valence-electron chi connectivity index (χ0n) is 12.5. The SMILES string of the molecule is CC1CCCC(C(NN)C2CCC(C)(C)CC2)C1. The lowest BCUT2D eigenvalue weighted by atomic mass is 9.67. The van der Waals surface area contributed by atoms with E-state index in [1.54, 1.807) is 0 Å². The van der Waals surface area contributed by atoms with Crippen molar-refractivity contribution in [2.75, 3.05) is 0 Å². The third-order valence-corrected chi connectivity index (χ3v) is 5.57. The second kappa shape index (κ2) is 5.92. The first-order valence-corrected chi connectivity index (χ1v) is 7.98. The standard InChI is InChI=1S/C16H32N2/c1-12-5-4-6-14(11-12)15(18-17)13-7-9-16(2,3)10-8-13/h12-15,18H,4-11,17H2,1-3H3. The highest BCUT2D eigenvalue weighted by Gasteiger charge is 2.35. The lowest BCUT2D eigenvalue weighted by Gasteiger charge is -2.42. The average molecular weight is 252 g/mol. The van der Waals surface area contributed by atoms with Crippen LogP contribution >= 0.6 is 0 Å². The van der Waals surface area contributed by atoms with Crippen molar-refractivity contribution in [2.45, 2.75) is 78.2 Å². The Kier molecular flexibility index (Phi) is 4.71. The monoisotopic (exact) mass is 252 g/mol. The minimum atomic E-state index is 0.565. The first-order valence-electron chi connectivity index (χ1n) is 7.98. The van der Waals surface area contributed by atoms with Crippen molar-refractivity contribution < 1.29 is 0 Å². The number of hydrazine groups is 1. The maximum absolute atomic E-state index is 5.90. The topological polar surface area (TPSA) is 38.0 Å². The van der Waals surface area contributed by atoms with E-state index in [4.69, 9.17) is 5.84 Å². The van der Waals surface area contributed by atoms with Gasteiger partial charge in [-0.3, -0.25) is 11.3 Å². The molecular weight excluding hydrogens is 220 g/mol. The molecule has 2 saturated carbocycles. The summed E-state index contributed by atoms with van der Waals surface area (Å²) < 4.78 is 0. The summed E-state index contributed by atoms with van der Waals surface area (Å²) in [5, 5.41) is 0. The molecule has 0 aromatic heterocycles. The van der Waals surface area contributed by atoms with E-state index in [1.165, 1.54) is 51.4 Å². The van der Waals surface area contributed by atoms with Gasteiger partial charge < -0.3 is 0 Å². The molecule has 18 heavy (non-hydrogen) atoms. The average Bonchev–Trinajstić information content (AvgIpc) is 2.32. The van der Waals surface area contributed by atoms with Gasteiger partial charge in [0.1, 0.15) is 0 Å². The summed E-state index contributed by atoms with van der Waals surface area (Å²) in [5.74, 6) is 8.44. The van der Waals surface area contributed by atoms with Crippen LogP contribution in [0.3, 0.4) is 0 Å². The van der Waals surface area contributed by atoms with Crippen LogP contribution < -0.4 is 11.3 Å². The fraction of sp³-hybridized carbons (Fsp3) is 1.00. The van der Waals surface area contributed by atoms with Gasteiger partial charge in [0.2, 0.25) is 0 Å². The lowest BCUT2D eigenvalue weighted by molar-refractivity contribution is 0.111. The van der Waals surface area contributed by atoms with Crippen molar-refractivity contribution in [3.63, 3.8) is 0 Å². The first-order chi connectivity index (χ1) is 8.52. The van der Waals surface area contributed by atoms with Crippen LogP contribution in [0.25, 0.3) is 0 Å². The molecule has 0 radical (unpaired) electrons. The van der Waals surface area contributed by atoms with Crippen LogP contribution in [0.15, 0.2) is 0 Å². The number of nitrogens with two attached hydrogens (primary N) is 1. The molecule has 0 spiro atoms. The van der Waals surface area contributed by atoms with Gasteiger partial charge in [0.05, 0.1) is 0 Å². The van der Waals surface area contributed by atoms with Crippen molar-refractivity contribution >= 4 is 0 Å². The van der Waals surface area contributed by atoms with Gasteiger partial charge in [-0.2, -0.15) is 0 Å². The molecule has 0 saturated heterocycles. The van der Waals surface area contributed by atoms with Crippen molar-refractivity contribution in [1.82, 2.24) is 5.43 Å². The van der Waals surface area contributed by atoms with Crippen LogP contribution in [0.1, 0.15) is 72.1 Å². The smallest absolute Gasteiger partial charge is 0.0267 e. The summed E-state index contributed by atoms with van der Waals surface area (Å²) in [5.41, 5.74) is 3.75. The summed E-state index contributed by atoms with van der Waals surface area (Å²) >= 11 is 0. The molecule has 0 heterocycles. The Morgan fingerprint density at radius 3 is 2.28 bits per heavy atom. The van der Waals surface area contributed by atoms with Crippen LogP contribution in [0, 0.1) is 23.2 Å². The second-order valence-electron chi connectivity index (χ2n) is 7.73. The van der Waals surface area contributed by atoms with E-state index in [1.807, 2.05) is 0 Å². The Bertz CT molecular complexity index is 252. The van der Waals surface area contributed by atoms with E-state index in [0.29, 0.717) is 11.5 Å². The minimum absolute atomic E-state index is 0.565. The Balaban J connectivity index is 1.92. The molecule has 0 aromatic rings. The van der Waals surface area contributed by atoms with Gasteiger partial charge in [0.25, 0.3) is 0 Å². The van der Waals surface area contributed by atoms with E-state index >= 15 is 0 Å². The quantitative estimate of drug-likeness (QED) is 0.591. The molecular formula is C16H32N2. The van der Waals surface area contributed by atoms with E-state index in [2.05, 4.69) is 26.2 Å². The van der Waals surface area contributed by atoms with E-state index < -0.39 is 0 Å². The predicted octanol–water partition coefficient (Wildman–Crippen LogP) is 3.86. The van der Waals surface area contributed by atoms with Gasteiger partial charge in [-0.15, -0.1) is 0 Å². The van der Waals surface area contributed by atoms with Crippen LogP contribution in [-0.2, 0) is 0 Å².